The summed E-state index contributed by atoms with van der Waals surface area (Å²) in [6, 6.07) is 4.83. The Kier molecular flexibility index (Phi) is 5.43. The molecule has 2 aromatic rings. The molecule has 8 heteroatoms. The maximum atomic E-state index is 13.9. The number of hydrogen-bond donors (Lipinski definition) is 0. The van der Waals surface area contributed by atoms with Gasteiger partial charge in [-0.05, 0) is 45.1 Å². The third-order valence-electron chi connectivity index (χ3n) is 7.06. The Morgan fingerprint density at radius 1 is 1.15 bits per heavy atom. The Bertz CT molecular complexity index is 1150. The van der Waals surface area contributed by atoms with Crippen LogP contribution in [0.25, 0.3) is 0 Å². The molecule has 174 valence electrons. The van der Waals surface area contributed by atoms with E-state index in [1.165, 1.54) is 11.3 Å². The van der Waals surface area contributed by atoms with E-state index in [0.29, 0.717) is 33.7 Å². The van der Waals surface area contributed by atoms with Crippen molar-refractivity contribution in [2.75, 3.05) is 19.1 Å². The highest BCUT2D eigenvalue weighted by molar-refractivity contribution is 7.15. The molecule has 0 spiro atoms. The van der Waals surface area contributed by atoms with Gasteiger partial charge in [0.1, 0.15) is 12.1 Å². The second-order valence-electron chi connectivity index (χ2n) is 9.09. The quantitative estimate of drug-likeness (QED) is 0.656. The van der Waals surface area contributed by atoms with Gasteiger partial charge in [0.2, 0.25) is 0 Å². The average Bonchev–Trinajstić information content (AvgIpc) is 3.29. The van der Waals surface area contributed by atoms with Gasteiger partial charge in [-0.3, -0.25) is 14.5 Å². The van der Waals surface area contributed by atoms with Gasteiger partial charge in [-0.1, -0.05) is 19.1 Å². The number of rotatable bonds is 4. The lowest BCUT2D eigenvalue weighted by Gasteiger charge is -2.37. The van der Waals surface area contributed by atoms with Crippen molar-refractivity contribution in [3.63, 3.8) is 0 Å². The van der Waals surface area contributed by atoms with Crippen LogP contribution in [-0.4, -0.2) is 37.0 Å². The van der Waals surface area contributed by atoms with E-state index in [1.54, 1.807) is 25.2 Å². The largest absolute Gasteiger partial charge is 0.493 e. The first kappa shape index (κ1) is 21.9. The molecule has 1 fully saturated rings. The number of anilines is 1. The molecule has 1 amide bonds. The van der Waals surface area contributed by atoms with Crippen LogP contribution in [0.1, 0.15) is 48.4 Å². The first-order valence-electron chi connectivity index (χ1n) is 11.3. The molecule has 7 nitrogen and oxygen atoms in total. The third-order valence-corrected chi connectivity index (χ3v) is 8.13. The molecule has 3 aliphatic rings. The number of thiazole rings is 1. The third kappa shape index (κ3) is 3.34. The van der Waals surface area contributed by atoms with E-state index < -0.39 is 6.04 Å². The number of carbonyl (C=O) groups is 2. The van der Waals surface area contributed by atoms with Crippen LogP contribution in [0, 0.1) is 25.7 Å². The zero-order valence-electron chi connectivity index (χ0n) is 19.5. The number of Topliss-reactive ketones (excluding diaryl/α,β-unsaturated/α-hetero) is 1. The first-order valence-corrected chi connectivity index (χ1v) is 12.1. The van der Waals surface area contributed by atoms with Crippen LogP contribution in [0.5, 0.6) is 11.5 Å². The van der Waals surface area contributed by atoms with Gasteiger partial charge < -0.3 is 14.2 Å². The number of hydrogen-bond acceptors (Lipinski definition) is 7. The molecule has 4 atom stereocenters. The Balaban J connectivity index is 1.71. The lowest BCUT2D eigenvalue weighted by molar-refractivity contribution is -0.132. The van der Waals surface area contributed by atoms with E-state index in [0.717, 1.165) is 29.8 Å². The molecule has 4 unspecified atom stereocenters. The summed E-state index contributed by atoms with van der Waals surface area (Å²) in [4.78, 5) is 35.0. The van der Waals surface area contributed by atoms with E-state index in [4.69, 9.17) is 14.2 Å². The molecule has 0 radical (unpaired) electrons. The summed E-state index contributed by atoms with van der Waals surface area (Å²) in [6.07, 6.45) is 2.30. The minimum atomic E-state index is -0.687. The van der Waals surface area contributed by atoms with Crippen LogP contribution < -0.4 is 14.4 Å². The second-order valence-corrected chi connectivity index (χ2v) is 10.3. The summed E-state index contributed by atoms with van der Waals surface area (Å²) in [7, 11) is 3.13. The van der Waals surface area contributed by atoms with Gasteiger partial charge in [0.15, 0.2) is 28.2 Å². The van der Waals surface area contributed by atoms with E-state index in [-0.39, 0.29) is 29.5 Å². The lowest BCUT2D eigenvalue weighted by Crippen LogP contribution is -2.41. The fourth-order valence-electron chi connectivity index (χ4n) is 5.25. The van der Waals surface area contributed by atoms with Crippen LogP contribution in [-0.2, 0) is 14.3 Å². The molecule has 0 bridgehead atoms. The zero-order valence-corrected chi connectivity index (χ0v) is 20.3. The summed E-state index contributed by atoms with van der Waals surface area (Å²) >= 11 is 1.44. The van der Waals surface area contributed by atoms with Gasteiger partial charge in [-0.2, -0.15) is 0 Å². The van der Waals surface area contributed by atoms with Gasteiger partial charge in [0, 0.05) is 10.4 Å². The number of benzene rings is 1. The summed E-state index contributed by atoms with van der Waals surface area (Å²) in [5, 5.41) is 0.548. The predicted molar refractivity (Wildman–Crippen MR) is 125 cm³/mol. The molecule has 1 saturated carbocycles. The van der Waals surface area contributed by atoms with Crippen LogP contribution in [0.2, 0.25) is 0 Å². The number of aryl methyl sites for hydroxylation is 2. The number of ether oxygens (including phenoxy) is 3. The smallest absolute Gasteiger partial charge is 0.296 e. The van der Waals surface area contributed by atoms with Crippen LogP contribution in [0.15, 0.2) is 29.5 Å². The molecular formula is C25H28N2O5S. The van der Waals surface area contributed by atoms with E-state index in [1.807, 2.05) is 26.0 Å². The number of methoxy groups -OCH3 is 2. The second kappa shape index (κ2) is 8.17. The van der Waals surface area contributed by atoms with Crippen molar-refractivity contribution in [2.24, 2.45) is 11.8 Å². The van der Waals surface area contributed by atoms with Crippen molar-refractivity contribution < 1.29 is 23.8 Å². The molecule has 0 N–H and O–H groups in total. The summed E-state index contributed by atoms with van der Waals surface area (Å²) < 4.78 is 17.5. The number of nitrogens with zero attached hydrogens (tertiary/aromatic N) is 2. The fraction of sp³-hybridized carbons (Fsp3) is 0.480. The highest BCUT2D eigenvalue weighted by atomic mass is 32.1. The minimum Gasteiger partial charge on any atom is -0.493 e. The van der Waals surface area contributed by atoms with Crippen molar-refractivity contribution in [2.45, 2.75) is 52.2 Å². The Labute approximate surface area is 197 Å². The van der Waals surface area contributed by atoms with Gasteiger partial charge in [0.25, 0.3) is 5.91 Å². The maximum absolute atomic E-state index is 13.9. The van der Waals surface area contributed by atoms with E-state index >= 15 is 0 Å². The predicted octanol–water partition coefficient (Wildman–Crippen LogP) is 4.52. The van der Waals surface area contributed by atoms with E-state index in [9.17, 15) is 9.59 Å². The number of ketones is 1. The van der Waals surface area contributed by atoms with Crippen molar-refractivity contribution in [1.82, 2.24) is 4.98 Å². The molecule has 1 aromatic carbocycles. The Morgan fingerprint density at radius 2 is 1.94 bits per heavy atom. The lowest BCUT2D eigenvalue weighted by atomic mass is 9.74. The van der Waals surface area contributed by atoms with Gasteiger partial charge >= 0.3 is 0 Å². The van der Waals surface area contributed by atoms with Gasteiger partial charge in [0.05, 0.1) is 31.4 Å². The summed E-state index contributed by atoms with van der Waals surface area (Å²) in [5.41, 5.74) is 1.95. The zero-order chi connectivity index (χ0) is 23.4. The molecule has 1 aliphatic carbocycles. The first-order chi connectivity index (χ1) is 15.8. The minimum absolute atomic E-state index is 0.00326. The summed E-state index contributed by atoms with van der Waals surface area (Å²) in [5.74, 6) is 1.09. The maximum Gasteiger partial charge on any atom is 0.296 e. The average molecular weight is 469 g/mol. The van der Waals surface area contributed by atoms with Crippen molar-refractivity contribution in [3.05, 3.63) is 45.7 Å². The highest BCUT2D eigenvalue weighted by Crippen LogP contribution is 2.52. The topological polar surface area (TPSA) is 78.0 Å². The normalized spacial score (nSPS) is 26.8. The number of para-hydroxylation sites is 1. The Hall–Kier alpha value is -2.87. The van der Waals surface area contributed by atoms with Gasteiger partial charge in [-0.25, -0.2) is 4.98 Å². The van der Waals surface area contributed by atoms with Crippen LogP contribution in [0.4, 0.5) is 5.13 Å². The Morgan fingerprint density at radius 3 is 2.61 bits per heavy atom. The monoisotopic (exact) mass is 468 g/mol. The molecule has 0 saturated heterocycles. The van der Waals surface area contributed by atoms with Crippen LogP contribution in [0.3, 0.4) is 0 Å². The molecule has 2 aliphatic heterocycles. The number of fused-ring (bicyclic) bond motifs is 1. The SMILES string of the molecule is COc1cccc(C2C3=C(OC4CCC(C)CC4C3=O)C(=O)N2c2nc(C)c(C)s2)c1OC. The molecule has 1 aromatic heterocycles. The van der Waals surface area contributed by atoms with Gasteiger partial charge in [-0.15, -0.1) is 11.3 Å². The van der Waals surface area contributed by atoms with Crippen molar-refractivity contribution in [3.8, 4) is 11.5 Å². The molecular weight excluding hydrogens is 440 g/mol. The van der Waals surface area contributed by atoms with Crippen LogP contribution >= 0.6 is 11.3 Å². The van der Waals surface area contributed by atoms with Crippen molar-refractivity contribution in [1.29, 1.82) is 0 Å². The fourth-order valence-corrected chi connectivity index (χ4v) is 6.19. The standard InChI is InChI=1S/C25H28N2O5S/c1-12-9-10-17-16(11-12)21(28)19-20(15-7-6-8-18(30-4)22(15)31-5)27(24(29)23(19)32-17)25-26-13(2)14(3)33-25/h6-8,12,16-17,20H,9-11H2,1-5H3. The molecule has 33 heavy (non-hydrogen) atoms. The molecule has 3 heterocycles. The van der Waals surface area contributed by atoms with E-state index in [2.05, 4.69) is 11.9 Å². The number of carbonyl (C=O) groups excluding carboxylic acids is 2. The van der Waals surface area contributed by atoms with Crippen molar-refractivity contribution >= 4 is 28.2 Å². The number of amides is 1. The highest BCUT2D eigenvalue weighted by Gasteiger charge is 2.54. The number of aromatic nitrogens is 1. The summed E-state index contributed by atoms with van der Waals surface area (Å²) in [6.45, 7) is 6.06. The molecule has 5 rings (SSSR count).